The van der Waals surface area contributed by atoms with E-state index < -0.39 is 17.5 Å². The molecule has 294 valence electrons. The Kier molecular flexibility index (Phi) is 9.34. The Hall–Kier alpha value is -8.11. The third-order valence-corrected chi connectivity index (χ3v) is 9.79. The predicted molar refractivity (Wildman–Crippen MR) is 225 cm³/mol. The van der Waals surface area contributed by atoms with Crippen molar-refractivity contribution in [2.75, 3.05) is 30.2 Å². The van der Waals surface area contributed by atoms with Crippen molar-refractivity contribution in [3.8, 4) is 34.4 Å². The molecule has 5 aromatic carbocycles. The Bertz CT molecular complexity index is 2960. The van der Waals surface area contributed by atoms with Gasteiger partial charge in [-0.15, -0.1) is 0 Å². The van der Waals surface area contributed by atoms with Crippen LogP contribution in [0.25, 0.3) is 22.5 Å². The van der Waals surface area contributed by atoms with E-state index in [2.05, 4.69) is 9.97 Å². The molecule has 0 fully saturated rings. The van der Waals surface area contributed by atoms with Crippen LogP contribution in [-0.4, -0.2) is 47.9 Å². The molecule has 9 rings (SSSR count). The second kappa shape index (κ2) is 15.1. The minimum absolute atomic E-state index is 0.0422. The van der Waals surface area contributed by atoms with E-state index in [4.69, 9.17) is 36.4 Å². The van der Waals surface area contributed by atoms with Crippen molar-refractivity contribution in [3.63, 3.8) is 0 Å². The molecule has 1 aliphatic heterocycles. The van der Waals surface area contributed by atoms with Crippen LogP contribution in [0.1, 0.15) is 17.4 Å². The Balaban J connectivity index is 1.28. The maximum Gasteiger partial charge on any atom is 0.354 e. The Labute approximate surface area is 336 Å². The van der Waals surface area contributed by atoms with Crippen molar-refractivity contribution < 1.29 is 14.2 Å². The largest absolute Gasteiger partial charge is 0.457 e. The molecule has 0 spiro atoms. The van der Waals surface area contributed by atoms with Gasteiger partial charge in [0, 0.05) is 12.8 Å². The molecule has 0 bridgehead atoms. The van der Waals surface area contributed by atoms with Crippen LogP contribution in [0.5, 0.6) is 23.0 Å². The maximum absolute atomic E-state index is 15.3. The summed E-state index contributed by atoms with van der Waals surface area (Å²) in [5.41, 5.74) is 21.2. The van der Waals surface area contributed by atoms with Crippen LogP contribution >= 0.6 is 0 Å². The maximum atomic E-state index is 15.3. The van der Waals surface area contributed by atoms with Crippen molar-refractivity contribution in [2.45, 2.75) is 12.7 Å². The van der Waals surface area contributed by atoms with Crippen LogP contribution in [-0.2, 0) is 11.3 Å². The third kappa shape index (κ3) is 6.58. The smallest absolute Gasteiger partial charge is 0.354 e. The Morgan fingerprint density at radius 2 is 1.29 bits per heavy atom. The quantitative estimate of drug-likeness (QED) is 0.138. The van der Waals surface area contributed by atoms with E-state index in [1.54, 1.807) is 65.7 Å². The highest BCUT2D eigenvalue weighted by molar-refractivity contribution is 6.02. The summed E-state index contributed by atoms with van der Waals surface area (Å²) in [4.78, 5) is 43.9. The molecule has 0 saturated heterocycles. The van der Waals surface area contributed by atoms with E-state index in [1.165, 1.54) is 31.8 Å². The normalized spacial score (nSPS) is 13.6. The zero-order chi connectivity index (χ0) is 40.6. The number of anilines is 3. The first-order valence-corrected chi connectivity index (χ1v) is 18.5. The minimum Gasteiger partial charge on any atom is -0.457 e. The van der Waals surface area contributed by atoms with Gasteiger partial charge >= 0.3 is 11.4 Å². The Morgan fingerprint density at radius 3 is 1.92 bits per heavy atom. The third-order valence-electron chi connectivity index (χ3n) is 9.79. The Morgan fingerprint density at radius 1 is 0.661 bits per heavy atom. The lowest BCUT2D eigenvalue weighted by molar-refractivity contribution is 0.186. The fraction of sp³-hybridized carbons (Fsp3) is 0.0930. The summed E-state index contributed by atoms with van der Waals surface area (Å²) in [6, 6.07) is 39.8. The van der Waals surface area contributed by atoms with Gasteiger partial charge in [0.2, 0.25) is 0 Å². The summed E-state index contributed by atoms with van der Waals surface area (Å²) in [5.74, 6) is 2.75. The molecule has 16 heteroatoms. The summed E-state index contributed by atoms with van der Waals surface area (Å²) in [6.07, 6.45) is 0.240. The van der Waals surface area contributed by atoms with E-state index in [0.717, 1.165) is 0 Å². The van der Waals surface area contributed by atoms with E-state index in [1.807, 2.05) is 72.8 Å². The molecule has 4 heterocycles. The summed E-state index contributed by atoms with van der Waals surface area (Å²) in [7, 11) is 1.54. The first-order valence-electron chi connectivity index (χ1n) is 18.5. The number of hydrogen-bond donors (Lipinski definition) is 3. The molecule has 16 nitrogen and oxygen atoms in total. The van der Waals surface area contributed by atoms with Crippen molar-refractivity contribution >= 4 is 34.3 Å². The van der Waals surface area contributed by atoms with Crippen LogP contribution in [0.4, 0.5) is 17.3 Å². The first kappa shape index (κ1) is 36.5. The van der Waals surface area contributed by atoms with Gasteiger partial charge in [0.05, 0.1) is 24.5 Å². The molecule has 1 aliphatic rings. The molecule has 1 atom stereocenters. The van der Waals surface area contributed by atoms with Gasteiger partial charge in [-0.1, -0.05) is 54.6 Å². The number of aliphatic imine (C=N–C) groups is 1. The number of rotatable bonds is 11. The average Bonchev–Trinajstić information content (AvgIpc) is 3.72. The number of imidazole rings is 2. The second-order valence-corrected chi connectivity index (χ2v) is 13.5. The van der Waals surface area contributed by atoms with Crippen molar-refractivity contribution in [1.82, 2.24) is 28.3 Å². The lowest BCUT2D eigenvalue weighted by Gasteiger charge is -2.35. The van der Waals surface area contributed by atoms with Gasteiger partial charge in [0.15, 0.2) is 23.4 Å². The summed E-state index contributed by atoms with van der Waals surface area (Å²) >= 11 is 0. The van der Waals surface area contributed by atoms with Crippen LogP contribution < -0.4 is 43.1 Å². The molecule has 0 amide bonds. The fourth-order valence-electron chi connectivity index (χ4n) is 7.15. The summed E-state index contributed by atoms with van der Waals surface area (Å²) in [6.45, 7) is 0.302. The molecule has 0 saturated carbocycles. The standard InChI is InChI=1S/C43H37N11O5/c1-57-24-23-50-36-38(46)49-39(27-15-19-33(20-16-27)58-31-11-4-2-5-12-31)53(41(36)52(42(50)55)30-10-8-9-28(44)25-30)54-40-35(37(45)47-26-48-40)51(43(54)56)29-17-21-34(22-18-29)59-32-13-6-3-7-14-32/h2-22,25-26,39H,23-24,44H2,1H3,(H2,46,49)(H2,45,47,48). The zero-order valence-electron chi connectivity index (χ0n) is 31.6. The van der Waals surface area contributed by atoms with Gasteiger partial charge in [-0.25, -0.2) is 34.1 Å². The molecular weight excluding hydrogens is 751 g/mol. The number of ether oxygens (including phenoxy) is 3. The number of methoxy groups -OCH3 is 1. The van der Waals surface area contributed by atoms with E-state index >= 15 is 4.79 Å². The molecule has 1 unspecified atom stereocenters. The first-order chi connectivity index (χ1) is 28.8. The number of para-hydroxylation sites is 2. The average molecular weight is 788 g/mol. The van der Waals surface area contributed by atoms with Gasteiger partial charge < -0.3 is 31.4 Å². The molecular formula is C43H37N11O5. The molecule has 59 heavy (non-hydrogen) atoms. The number of nitrogens with zero attached hydrogens (tertiary/aromatic N) is 8. The molecule has 3 aromatic heterocycles. The van der Waals surface area contributed by atoms with Crippen molar-refractivity contribution in [3.05, 3.63) is 172 Å². The zero-order valence-corrected chi connectivity index (χ0v) is 31.6. The fourth-order valence-corrected chi connectivity index (χ4v) is 7.15. The molecule has 0 radical (unpaired) electrons. The number of aromatic nitrogens is 6. The van der Waals surface area contributed by atoms with Crippen LogP contribution in [0.2, 0.25) is 0 Å². The number of amidine groups is 1. The molecule has 6 N–H and O–H groups in total. The SMILES string of the molecule is COCCn1c2c(n(-c3cccc(N)c3)c1=O)N(n1c(=O)n(-c3ccc(Oc4ccccc4)cc3)c3c(N)ncnc31)C(c1ccc(Oc3ccccc3)cc1)N=C2N. The highest BCUT2D eigenvalue weighted by Crippen LogP contribution is 2.39. The molecule has 0 aliphatic carbocycles. The van der Waals surface area contributed by atoms with E-state index in [-0.39, 0.29) is 47.5 Å². The van der Waals surface area contributed by atoms with Crippen LogP contribution in [0, 0.1) is 0 Å². The number of nitrogen functional groups attached to an aromatic ring is 2. The van der Waals surface area contributed by atoms with Crippen LogP contribution in [0.15, 0.2) is 154 Å². The monoisotopic (exact) mass is 787 g/mol. The van der Waals surface area contributed by atoms with Crippen LogP contribution in [0.3, 0.4) is 0 Å². The van der Waals surface area contributed by atoms with E-state index in [0.29, 0.717) is 45.6 Å². The van der Waals surface area contributed by atoms with Gasteiger partial charge in [0.1, 0.15) is 46.4 Å². The van der Waals surface area contributed by atoms with Gasteiger partial charge in [-0.2, -0.15) is 4.68 Å². The number of nitrogens with two attached hydrogens (primary N) is 3. The minimum atomic E-state index is -1.03. The topological polar surface area (TPSA) is 201 Å². The number of hydrogen-bond acceptors (Lipinski definition) is 12. The summed E-state index contributed by atoms with van der Waals surface area (Å²) < 4.78 is 23.2. The van der Waals surface area contributed by atoms with Crippen molar-refractivity contribution in [1.29, 1.82) is 0 Å². The van der Waals surface area contributed by atoms with E-state index in [9.17, 15) is 4.79 Å². The van der Waals surface area contributed by atoms with Gasteiger partial charge in [0.25, 0.3) is 0 Å². The number of fused-ring (bicyclic) bond motifs is 2. The lowest BCUT2D eigenvalue weighted by Crippen LogP contribution is -2.46. The highest BCUT2D eigenvalue weighted by Gasteiger charge is 2.40. The predicted octanol–water partition coefficient (Wildman–Crippen LogP) is 5.62. The lowest BCUT2D eigenvalue weighted by atomic mass is 10.1. The van der Waals surface area contributed by atoms with Gasteiger partial charge in [-0.3, -0.25) is 9.13 Å². The van der Waals surface area contributed by atoms with Gasteiger partial charge in [-0.05, 0) is 84.4 Å². The highest BCUT2D eigenvalue weighted by atomic mass is 16.5. The number of benzene rings is 5. The second-order valence-electron chi connectivity index (χ2n) is 13.5. The molecule has 8 aromatic rings. The van der Waals surface area contributed by atoms with Crippen molar-refractivity contribution in [2.24, 2.45) is 10.7 Å². The summed E-state index contributed by atoms with van der Waals surface area (Å²) in [5, 5.41) is 1.60.